The molecular formula is C25H34ClNO3. The summed E-state index contributed by atoms with van der Waals surface area (Å²) in [4.78, 5) is 2.34. The molecule has 0 unspecified atom stereocenters. The number of aryl methyl sites for hydroxylation is 2. The Morgan fingerprint density at radius 3 is 2.20 bits per heavy atom. The van der Waals surface area contributed by atoms with Gasteiger partial charge in [-0.25, -0.2) is 0 Å². The van der Waals surface area contributed by atoms with Crippen molar-refractivity contribution in [2.24, 2.45) is 0 Å². The zero-order valence-electron chi connectivity index (χ0n) is 18.4. The smallest absolute Gasteiger partial charge is 0.161 e. The van der Waals surface area contributed by atoms with Gasteiger partial charge >= 0.3 is 0 Å². The van der Waals surface area contributed by atoms with Gasteiger partial charge in [0.2, 0.25) is 0 Å². The molecule has 0 saturated carbocycles. The molecule has 0 bridgehead atoms. The number of rotatable bonds is 9. The van der Waals surface area contributed by atoms with E-state index in [2.05, 4.69) is 30.1 Å². The van der Waals surface area contributed by atoms with Gasteiger partial charge in [-0.1, -0.05) is 23.7 Å². The monoisotopic (exact) mass is 431 g/mol. The van der Waals surface area contributed by atoms with Crippen LogP contribution in [-0.2, 0) is 19.3 Å². The molecule has 1 aliphatic carbocycles. The second-order valence-corrected chi connectivity index (χ2v) is 8.92. The normalized spacial score (nSPS) is 15.5. The third-order valence-electron chi connectivity index (χ3n) is 6.28. The van der Waals surface area contributed by atoms with Gasteiger partial charge in [0, 0.05) is 11.6 Å². The van der Waals surface area contributed by atoms with Crippen molar-refractivity contribution in [3.63, 3.8) is 0 Å². The van der Waals surface area contributed by atoms with Crippen LogP contribution < -0.4 is 9.47 Å². The first-order valence-corrected chi connectivity index (χ1v) is 11.2. The molecule has 30 heavy (non-hydrogen) atoms. The third-order valence-corrected chi connectivity index (χ3v) is 6.51. The zero-order chi connectivity index (χ0) is 21.6. The summed E-state index contributed by atoms with van der Waals surface area (Å²) in [7, 11) is 5.48. The predicted octanol–water partition coefficient (Wildman–Crippen LogP) is 4.92. The van der Waals surface area contributed by atoms with Crippen molar-refractivity contribution >= 4 is 11.6 Å². The molecular weight excluding hydrogens is 398 g/mol. The van der Waals surface area contributed by atoms with Crippen molar-refractivity contribution in [3.8, 4) is 11.5 Å². The van der Waals surface area contributed by atoms with Crippen LogP contribution in [0, 0.1) is 0 Å². The van der Waals surface area contributed by atoms with Gasteiger partial charge in [-0.05, 0) is 99.5 Å². The van der Waals surface area contributed by atoms with Crippen LogP contribution in [0.5, 0.6) is 11.5 Å². The van der Waals surface area contributed by atoms with Gasteiger partial charge in [-0.2, -0.15) is 0 Å². The first-order chi connectivity index (χ1) is 14.4. The van der Waals surface area contributed by atoms with E-state index >= 15 is 0 Å². The fraction of sp³-hybridized carbons (Fsp3) is 0.520. The number of fused-ring (bicyclic) bond motifs is 1. The molecule has 5 heteroatoms. The second kappa shape index (κ2) is 10.5. The van der Waals surface area contributed by atoms with E-state index in [0.29, 0.717) is 0 Å². The van der Waals surface area contributed by atoms with Crippen LogP contribution in [0.15, 0.2) is 36.4 Å². The van der Waals surface area contributed by atoms with Crippen molar-refractivity contribution in [2.75, 3.05) is 34.4 Å². The highest BCUT2D eigenvalue weighted by Gasteiger charge is 2.30. The summed E-state index contributed by atoms with van der Waals surface area (Å²) >= 11 is 6.07. The first kappa shape index (κ1) is 22.9. The molecule has 164 valence electrons. The van der Waals surface area contributed by atoms with Crippen molar-refractivity contribution in [1.82, 2.24) is 4.90 Å². The highest BCUT2D eigenvalue weighted by atomic mass is 35.5. The zero-order valence-corrected chi connectivity index (χ0v) is 19.2. The van der Waals surface area contributed by atoms with Crippen LogP contribution in [0.25, 0.3) is 0 Å². The van der Waals surface area contributed by atoms with E-state index < -0.39 is 5.60 Å². The van der Waals surface area contributed by atoms with Crippen LogP contribution in [0.2, 0.25) is 5.02 Å². The molecule has 0 amide bonds. The van der Waals surface area contributed by atoms with Gasteiger partial charge in [0.05, 0.1) is 19.8 Å². The SMILES string of the molecule is COc1cc2c(cc1OC)CCC(O)(CCCN(C)CCc1cccc(Cl)c1)CC2. The average Bonchev–Trinajstić information content (AvgIpc) is 2.90. The van der Waals surface area contributed by atoms with E-state index in [1.54, 1.807) is 14.2 Å². The molecule has 0 spiro atoms. The maximum Gasteiger partial charge on any atom is 0.161 e. The van der Waals surface area contributed by atoms with Crippen molar-refractivity contribution < 1.29 is 14.6 Å². The number of methoxy groups -OCH3 is 2. The number of benzene rings is 2. The Balaban J connectivity index is 1.48. The summed E-state index contributed by atoms with van der Waals surface area (Å²) in [5.41, 5.74) is 3.19. The van der Waals surface area contributed by atoms with Crippen molar-refractivity contribution in [3.05, 3.63) is 58.1 Å². The standard InChI is InChI=1S/C25H34ClNO3/c1-27(15-10-19-6-4-7-22(26)16-19)14-5-11-25(28)12-8-20-17-23(29-2)24(30-3)18-21(20)9-13-25/h4,6-7,16-18,28H,5,8-15H2,1-3H3. The Hall–Kier alpha value is -1.75. The molecule has 0 radical (unpaired) electrons. The maximum absolute atomic E-state index is 11.2. The molecule has 3 rings (SSSR count). The number of ether oxygens (including phenoxy) is 2. The van der Waals surface area contributed by atoms with E-state index in [4.69, 9.17) is 21.1 Å². The van der Waals surface area contributed by atoms with Crippen LogP contribution >= 0.6 is 11.6 Å². The van der Waals surface area contributed by atoms with Gasteiger partial charge < -0.3 is 19.5 Å². The van der Waals surface area contributed by atoms with Crippen molar-refractivity contribution in [1.29, 1.82) is 0 Å². The number of nitrogens with zero attached hydrogens (tertiary/aromatic N) is 1. The molecule has 0 heterocycles. The maximum atomic E-state index is 11.2. The van der Waals surface area contributed by atoms with Gasteiger partial charge in [0.25, 0.3) is 0 Å². The number of halogens is 1. The minimum Gasteiger partial charge on any atom is -0.493 e. The number of hydrogen-bond donors (Lipinski definition) is 1. The van der Waals surface area contributed by atoms with E-state index in [1.165, 1.54) is 16.7 Å². The van der Waals surface area contributed by atoms with E-state index in [-0.39, 0.29) is 0 Å². The Morgan fingerprint density at radius 2 is 1.63 bits per heavy atom. The topological polar surface area (TPSA) is 41.9 Å². The minimum absolute atomic E-state index is 0.604. The summed E-state index contributed by atoms with van der Waals surface area (Å²) < 4.78 is 10.9. The Morgan fingerprint density at radius 1 is 1.00 bits per heavy atom. The number of likely N-dealkylation sites (N-methyl/N-ethyl adjacent to an activating group) is 1. The largest absolute Gasteiger partial charge is 0.493 e. The quantitative estimate of drug-likeness (QED) is 0.572. The minimum atomic E-state index is -0.604. The predicted molar refractivity (Wildman–Crippen MR) is 123 cm³/mol. The fourth-order valence-corrected chi connectivity index (χ4v) is 4.55. The van der Waals surface area contributed by atoms with E-state index in [9.17, 15) is 5.11 Å². The van der Waals surface area contributed by atoms with Crippen LogP contribution in [0.1, 0.15) is 42.4 Å². The lowest BCUT2D eigenvalue weighted by Crippen LogP contribution is -2.31. The van der Waals surface area contributed by atoms with Gasteiger partial charge in [0.15, 0.2) is 11.5 Å². The molecule has 0 aromatic heterocycles. The lowest BCUT2D eigenvalue weighted by Gasteiger charge is -2.27. The lowest BCUT2D eigenvalue weighted by molar-refractivity contribution is 0.0135. The van der Waals surface area contributed by atoms with Gasteiger partial charge in [-0.15, -0.1) is 0 Å². The van der Waals surface area contributed by atoms with Crippen LogP contribution in [0.3, 0.4) is 0 Å². The van der Waals surface area contributed by atoms with E-state index in [0.717, 1.165) is 74.6 Å². The molecule has 1 N–H and O–H groups in total. The second-order valence-electron chi connectivity index (χ2n) is 8.49. The Labute approximate surface area is 185 Å². The van der Waals surface area contributed by atoms with Gasteiger partial charge in [-0.3, -0.25) is 0 Å². The summed E-state index contributed by atoms with van der Waals surface area (Å²) in [6.45, 7) is 1.97. The molecule has 0 aliphatic heterocycles. The average molecular weight is 432 g/mol. The van der Waals surface area contributed by atoms with Crippen molar-refractivity contribution in [2.45, 2.75) is 50.5 Å². The summed E-state index contributed by atoms with van der Waals surface area (Å²) in [5.74, 6) is 1.53. The Kier molecular flexibility index (Phi) is 8.04. The summed E-state index contributed by atoms with van der Waals surface area (Å²) in [5, 5.41) is 12.0. The Bertz CT molecular complexity index is 804. The number of hydrogen-bond acceptors (Lipinski definition) is 4. The first-order valence-electron chi connectivity index (χ1n) is 10.8. The summed E-state index contributed by atoms with van der Waals surface area (Å²) in [6.07, 6.45) is 6.14. The third kappa shape index (κ3) is 6.13. The van der Waals surface area contributed by atoms with Crippen LogP contribution in [0.4, 0.5) is 0 Å². The highest BCUT2D eigenvalue weighted by molar-refractivity contribution is 6.30. The fourth-order valence-electron chi connectivity index (χ4n) is 4.34. The van der Waals surface area contributed by atoms with Crippen LogP contribution in [-0.4, -0.2) is 50.0 Å². The van der Waals surface area contributed by atoms with Gasteiger partial charge in [0.1, 0.15) is 0 Å². The molecule has 2 aromatic carbocycles. The molecule has 0 saturated heterocycles. The molecule has 0 atom stereocenters. The molecule has 0 fully saturated rings. The molecule has 1 aliphatic rings. The summed E-state index contributed by atoms with van der Waals surface area (Å²) in [6, 6.07) is 12.2. The van der Waals surface area contributed by atoms with E-state index in [1.807, 2.05) is 18.2 Å². The molecule has 4 nitrogen and oxygen atoms in total. The lowest BCUT2D eigenvalue weighted by atomic mass is 9.89. The number of aliphatic hydroxyl groups is 1. The highest BCUT2D eigenvalue weighted by Crippen LogP contribution is 2.37. The molecule has 2 aromatic rings.